The van der Waals surface area contributed by atoms with Crippen molar-refractivity contribution in [3.05, 3.63) is 60.0 Å². The Kier molecular flexibility index (Phi) is 6.52. The lowest BCUT2D eigenvalue weighted by molar-refractivity contribution is 0.412. The van der Waals surface area contributed by atoms with Gasteiger partial charge in [-0.1, -0.05) is 28.9 Å². The first kappa shape index (κ1) is 17.2. The Morgan fingerprint density at radius 3 is 2.52 bits per heavy atom. The molecule has 0 aliphatic heterocycles. The van der Waals surface area contributed by atoms with Gasteiger partial charge in [0.15, 0.2) is 0 Å². The lowest BCUT2D eigenvalue weighted by atomic mass is 9.98. The number of nitrogens with one attached hydrogen (secondary N) is 1. The van der Waals surface area contributed by atoms with E-state index in [1.165, 1.54) is 14.7 Å². The number of ether oxygens (including phenoxy) is 1. The maximum Gasteiger partial charge on any atom is 0.133 e. The van der Waals surface area contributed by atoms with E-state index in [-0.39, 0.29) is 6.04 Å². The summed E-state index contributed by atoms with van der Waals surface area (Å²) >= 11 is 9.57. The average Bonchev–Trinajstić information content (AvgIpc) is 2.47. The van der Waals surface area contributed by atoms with Gasteiger partial charge in [0.2, 0.25) is 0 Å². The van der Waals surface area contributed by atoms with Gasteiger partial charge in [-0.3, -0.25) is 0 Å². The first-order chi connectivity index (χ1) is 10.1. The molecule has 1 unspecified atom stereocenters. The van der Waals surface area contributed by atoms with E-state index in [0.717, 1.165) is 21.2 Å². The summed E-state index contributed by atoms with van der Waals surface area (Å²) in [5.41, 5.74) is 2.44. The van der Waals surface area contributed by atoms with E-state index in [9.17, 15) is 0 Å². The molecule has 1 atom stereocenters. The summed E-state index contributed by atoms with van der Waals surface area (Å²) in [5, 5.41) is 3.55. The van der Waals surface area contributed by atoms with Gasteiger partial charge in [0.1, 0.15) is 5.75 Å². The van der Waals surface area contributed by atoms with Crippen molar-refractivity contribution >= 4 is 54.5 Å². The maximum atomic E-state index is 5.31. The Hall–Kier alpha value is -0.110. The van der Waals surface area contributed by atoms with E-state index in [1.54, 1.807) is 7.11 Å². The van der Waals surface area contributed by atoms with Crippen molar-refractivity contribution in [2.75, 3.05) is 13.7 Å². The van der Waals surface area contributed by atoms with Gasteiger partial charge in [0.05, 0.1) is 17.6 Å². The highest BCUT2D eigenvalue weighted by Gasteiger charge is 2.17. The van der Waals surface area contributed by atoms with Gasteiger partial charge in [-0.05, 0) is 86.5 Å². The number of benzene rings is 2. The van der Waals surface area contributed by atoms with Crippen LogP contribution in [0.15, 0.2) is 45.3 Å². The fraction of sp³-hybridized carbons (Fsp3) is 0.250. The minimum atomic E-state index is 0.140. The summed E-state index contributed by atoms with van der Waals surface area (Å²) < 4.78 is 8.61. The minimum Gasteiger partial charge on any atom is -0.496 e. The molecule has 2 aromatic carbocycles. The Bertz CT molecular complexity index is 634. The van der Waals surface area contributed by atoms with Crippen LogP contribution in [0, 0.1) is 3.57 Å². The van der Waals surface area contributed by atoms with E-state index in [4.69, 9.17) is 4.74 Å². The maximum absolute atomic E-state index is 5.31. The molecule has 0 fully saturated rings. The second kappa shape index (κ2) is 7.94. The van der Waals surface area contributed by atoms with E-state index in [2.05, 4.69) is 97.0 Å². The summed E-state index contributed by atoms with van der Waals surface area (Å²) in [6.07, 6.45) is 0. The summed E-state index contributed by atoms with van der Waals surface area (Å²) in [6, 6.07) is 12.7. The van der Waals surface area contributed by atoms with Crippen molar-refractivity contribution in [3.8, 4) is 5.75 Å². The first-order valence-corrected chi connectivity index (χ1v) is 9.25. The van der Waals surface area contributed by atoms with Crippen molar-refractivity contribution in [2.24, 2.45) is 0 Å². The van der Waals surface area contributed by atoms with Gasteiger partial charge in [0, 0.05) is 8.04 Å². The molecule has 112 valence electrons. The Morgan fingerprint density at radius 1 is 1.14 bits per heavy atom. The van der Waals surface area contributed by atoms with E-state index >= 15 is 0 Å². The molecule has 0 radical (unpaired) electrons. The van der Waals surface area contributed by atoms with Crippen LogP contribution in [0.4, 0.5) is 0 Å². The molecule has 2 aromatic rings. The summed E-state index contributed by atoms with van der Waals surface area (Å²) in [6.45, 7) is 3.01. The van der Waals surface area contributed by atoms with E-state index < -0.39 is 0 Å². The van der Waals surface area contributed by atoms with Crippen LogP contribution in [-0.4, -0.2) is 13.7 Å². The Morgan fingerprint density at radius 2 is 1.90 bits per heavy atom. The smallest absolute Gasteiger partial charge is 0.133 e. The fourth-order valence-corrected chi connectivity index (χ4v) is 3.76. The zero-order valence-corrected chi connectivity index (χ0v) is 17.1. The fourth-order valence-electron chi connectivity index (χ4n) is 2.21. The van der Waals surface area contributed by atoms with Crippen LogP contribution in [0.25, 0.3) is 0 Å². The molecule has 0 saturated heterocycles. The molecule has 0 saturated carbocycles. The largest absolute Gasteiger partial charge is 0.496 e. The molecule has 0 amide bonds. The molecule has 21 heavy (non-hydrogen) atoms. The van der Waals surface area contributed by atoms with Crippen molar-refractivity contribution in [1.82, 2.24) is 5.32 Å². The number of halogens is 3. The molecule has 5 heteroatoms. The molecule has 1 N–H and O–H groups in total. The predicted octanol–water partition coefficient (Wildman–Crippen LogP) is 5.52. The lowest BCUT2D eigenvalue weighted by Crippen LogP contribution is -2.22. The third-order valence-corrected chi connectivity index (χ3v) is 5.20. The topological polar surface area (TPSA) is 21.3 Å². The van der Waals surface area contributed by atoms with Gasteiger partial charge in [-0.2, -0.15) is 0 Å². The van der Waals surface area contributed by atoms with Crippen LogP contribution < -0.4 is 10.1 Å². The third kappa shape index (κ3) is 4.21. The van der Waals surface area contributed by atoms with Gasteiger partial charge in [-0.15, -0.1) is 0 Å². The van der Waals surface area contributed by atoms with Crippen LogP contribution in [0.1, 0.15) is 24.1 Å². The third-order valence-electron chi connectivity index (χ3n) is 3.19. The molecule has 2 rings (SSSR count). The molecule has 0 bridgehead atoms. The Labute approximate surface area is 156 Å². The van der Waals surface area contributed by atoms with Crippen LogP contribution >= 0.6 is 54.5 Å². The first-order valence-electron chi connectivity index (χ1n) is 6.58. The highest BCUT2D eigenvalue weighted by atomic mass is 127. The monoisotopic (exact) mass is 523 g/mol. The summed E-state index contributed by atoms with van der Waals surface area (Å²) in [7, 11) is 1.68. The molecule has 0 aromatic heterocycles. The zero-order valence-electron chi connectivity index (χ0n) is 11.8. The van der Waals surface area contributed by atoms with Crippen molar-refractivity contribution in [3.63, 3.8) is 0 Å². The van der Waals surface area contributed by atoms with Gasteiger partial charge < -0.3 is 10.1 Å². The average molecular weight is 525 g/mol. The molecular formula is C16H16Br2INO. The van der Waals surface area contributed by atoms with Crippen LogP contribution in [0.5, 0.6) is 5.75 Å². The number of hydrogen-bond donors (Lipinski definition) is 1. The molecule has 0 spiro atoms. The summed E-state index contributed by atoms with van der Waals surface area (Å²) in [5.74, 6) is 0.843. The molecule has 0 heterocycles. The van der Waals surface area contributed by atoms with Gasteiger partial charge >= 0.3 is 0 Å². The zero-order chi connectivity index (χ0) is 15.4. The standard InChI is InChI=1S/C16H16Br2INO/c1-3-20-16(12-9-11(19)5-6-13(12)17)10-4-7-15(21-2)14(18)8-10/h4-9,16,20H,3H2,1-2H3. The SMILES string of the molecule is CCNC(c1ccc(OC)c(Br)c1)c1cc(I)ccc1Br. The van der Waals surface area contributed by atoms with Crippen molar-refractivity contribution < 1.29 is 4.74 Å². The second-order valence-electron chi connectivity index (χ2n) is 4.55. The van der Waals surface area contributed by atoms with Crippen LogP contribution in [0.3, 0.4) is 0 Å². The minimum absolute atomic E-state index is 0.140. The van der Waals surface area contributed by atoms with Crippen molar-refractivity contribution in [2.45, 2.75) is 13.0 Å². The van der Waals surface area contributed by atoms with Gasteiger partial charge in [0.25, 0.3) is 0 Å². The number of hydrogen-bond acceptors (Lipinski definition) is 2. The number of methoxy groups -OCH3 is 1. The number of rotatable bonds is 5. The highest BCUT2D eigenvalue weighted by molar-refractivity contribution is 14.1. The van der Waals surface area contributed by atoms with Crippen LogP contribution in [0.2, 0.25) is 0 Å². The van der Waals surface area contributed by atoms with E-state index in [1.807, 2.05) is 6.07 Å². The molecule has 0 aliphatic carbocycles. The lowest BCUT2D eigenvalue weighted by Gasteiger charge is -2.21. The second-order valence-corrected chi connectivity index (χ2v) is 7.50. The molecule has 2 nitrogen and oxygen atoms in total. The quantitative estimate of drug-likeness (QED) is 0.520. The highest BCUT2D eigenvalue weighted by Crippen LogP contribution is 2.34. The predicted molar refractivity (Wildman–Crippen MR) is 103 cm³/mol. The van der Waals surface area contributed by atoms with Crippen molar-refractivity contribution in [1.29, 1.82) is 0 Å². The van der Waals surface area contributed by atoms with Crippen LogP contribution in [-0.2, 0) is 0 Å². The Balaban J connectivity index is 2.48. The van der Waals surface area contributed by atoms with E-state index in [0.29, 0.717) is 0 Å². The summed E-state index contributed by atoms with van der Waals surface area (Å²) in [4.78, 5) is 0. The van der Waals surface area contributed by atoms with Gasteiger partial charge in [-0.25, -0.2) is 0 Å². The normalized spacial score (nSPS) is 12.2. The molecular weight excluding hydrogens is 509 g/mol. The molecule has 0 aliphatic rings.